The fourth-order valence-corrected chi connectivity index (χ4v) is 1.15. The van der Waals surface area contributed by atoms with E-state index in [2.05, 4.69) is 29.5 Å². The highest BCUT2D eigenvalue weighted by Gasteiger charge is 2.15. The summed E-state index contributed by atoms with van der Waals surface area (Å²) in [5.41, 5.74) is 1.09. The van der Waals surface area contributed by atoms with Gasteiger partial charge in [-0.1, -0.05) is 19.1 Å². The van der Waals surface area contributed by atoms with Gasteiger partial charge in [0.2, 0.25) is 0 Å². The second kappa shape index (κ2) is 4.75. The number of aryl methyl sites for hydroxylation is 1. The number of halogens is 1. The first-order chi connectivity index (χ1) is 6.53. The van der Waals surface area contributed by atoms with Gasteiger partial charge < -0.3 is 5.32 Å². The summed E-state index contributed by atoms with van der Waals surface area (Å²) < 4.78 is 1.70. The molecule has 0 aliphatic rings. The standard InChI is InChI=1S/C9H17ClN4/c1-9(2,6-10)7-11-4-8-5-14(3)13-12-8/h5,11H,4,6-7H2,1-3H3. The molecular formula is C9H17ClN4. The third kappa shape index (κ3) is 3.64. The van der Waals surface area contributed by atoms with Gasteiger partial charge in [-0.05, 0) is 5.41 Å². The first-order valence-corrected chi connectivity index (χ1v) is 5.19. The average Bonchev–Trinajstić information content (AvgIpc) is 2.51. The highest BCUT2D eigenvalue weighted by atomic mass is 35.5. The molecule has 5 heteroatoms. The van der Waals surface area contributed by atoms with Crippen LogP contribution in [0.3, 0.4) is 0 Å². The van der Waals surface area contributed by atoms with E-state index in [4.69, 9.17) is 11.6 Å². The minimum Gasteiger partial charge on any atom is -0.310 e. The molecule has 0 saturated heterocycles. The topological polar surface area (TPSA) is 42.7 Å². The normalized spacial score (nSPS) is 12.0. The number of nitrogens with zero attached hydrogens (tertiary/aromatic N) is 3. The number of nitrogens with one attached hydrogen (secondary N) is 1. The molecule has 4 nitrogen and oxygen atoms in total. The van der Waals surface area contributed by atoms with E-state index in [9.17, 15) is 0 Å². The minimum atomic E-state index is 0.129. The zero-order valence-corrected chi connectivity index (χ0v) is 9.67. The Morgan fingerprint density at radius 3 is 2.79 bits per heavy atom. The van der Waals surface area contributed by atoms with Crippen LogP contribution in [-0.2, 0) is 13.6 Å². The van der Waals surface area contributed by atoms with Gasteiger partial charge in [-0.3, -0.25) is 4.68 Å². The Hall–Kier alpha value is -0.610. The van der Waals surface area contributed by atoms with E-state index < -0.39 is 0 Å². The molecule has 0 aliphatic heterocycles. The highest BCUT2D eigenvalue weighted by Crippen LogP contribution is 2.15. The molecule has 0 aromatic carbocycles. The summed E-state index contributed by atoms with van der Waals surface area (Å²) in [6.07, 6.45) is 1.90. The molecule has 14 heavy (non-hydrogen) atoms. The summed E-state index contributed by atoms with van der Waals surface area (Å²) in [5.74, 6) is 0.653. The largest absolute Gasteiger partial charge is 0.310 e. The minimum absolute atomic E-state index is 0.129. The van der Waals surface area contributed by atoms with Gasteiger partial charge in [0.05, 0.1) is 5.69 Å². The van der Waals surface area contributed by atoms with Crippen molar-refractivity contribution >= 4 is 11.6 Å². The van der Waals surface area contributed by atoms with Gasteiger partial charge in [0.25, 0.3) is 0 Å². The zero-order chi connectivity index (χ0) is 10.6. The van der Waals surface area contributed by atoms with Crippen LogP contribution in [0.1, 0.15) is 19.5 Å². The summed E-state index contributed by atoms with van der Waals surface area (Å²) in [7, 11) is 1.86. The number of alkyl halides is 1. The van der Waals surface area contributed by atoms with Crippen molar-refractivity contribution in [3.63, 3.8) is 0 Å². The van der Waals surface area contributed by atoms with E-state index in [-0.39, 0.29) is 5.41 Å². The van der Waals surface area contributed by atoms with E-state index >= 15 is 0 Å². The molecular weight excluding hydrogens is 200 g/mol. The van der Waals surface area contributed by atoms with Crippen molar-refractivity contribution in [2.75, 3.05) is 12.4 Å². The van der Waals surface area contributed by atoms with E-state index in [1.165, 1.54) is 0 Å². The summed E-state index contributed by atoms with van der Waals surface area (Å²) in [5, 5.41) is 11.1. The Kier molecular flexibility index (Phi) is 3.89. The Morgan fingerprint density at radius 1 is 1.57 bits per heavy atom. The molecule has 0 atom stereocenters. The predicted molar refractivity (Wildman–Crippen MR) is 57.2 cm³/mol. The lowest BCUT2D eigenvalue weighted by Gasteiger charge is -2.21. The van der Waals surface area contributed by atoms with Crippen LogP contribution in [0.15, 0.2) is 6.20 Å². The Morgan fingerprint density at radius 2 is 2.29 bits per heavy atom. The smallest absolute Gasteiger partial charge is 0.0964 e. The third-order valence-electron chi connectivity index (χ3n) is 1.92. The monoisotopic (exact) mass is 216 g/mol. The quantitative estimate of drug-likeness (QED) is 0.752. The van der Waals surface area contributed by atoms with Crippen molar-refractivity contribution in [1.29, 1.82) is 0 Å². The lowest BCUT2D eigenvalue weighted by atomic mass is 9.97. The molecule has 1 N–H and O–H groups in total. The fourth-order valence-electron chi connectivity index (χ4n) is 1.05. The summed E-state index contributed by atoms with van der Waals surface area (Å²) in [4.78, 5) is 0. The van der Waals surface area contributed by atoms with Crippen molar-refractivity contribution in [2.24, 2.45) is 12.5 Å². The van der Waals surface area contributed by atoms with Crippen LogP contribution in [0.2, 0.25) is 0 Å². The average molecular weight is 217 g/mol. The maximum Gasteiger partial charge on any atom is 0.0964 e. The lowest BCUT2D eigenvalue weighted by molar-refractivity contribution is 0.384. The van der Waals surface area contributed by atoms with E-state index in [0.717, 1.165) is 18.8 Å². The predicted octanol–water partition coefficient (Wildman–Crippen LogP) is 1.17. The maximum atomic E-state index is 5.81. The Balaban J connectivity index is 2.28. The fraction of sp³-hybridized carbons (Fsp3) is 0.778. The number of hydrogen-bond acceptors (Lipinski definition) is 3. The molecule has 0 amide bonds. The van der Waals surface area contributed by atoms with Crippen LogP contribution in [0.5, 0.6) is 0 Å². The molecule has 1 heterocycles. The molecule has 0 radical (unpaired) electrons. The van der Waals surface area contributed by atoms with Gasteiger partial charge in [0.15, 0.2) is 0 Å². The first-order valence-electron chi connectivity index (χ1n) is 4.65. The summed E-state index contributed by atoms with van der Waals surface area (Å²) >= 11 is 5.81. The molecule has 80 valence electrons. The molecule has 0 bridgehead atoms. The van der Waals surface area contributed by atoms with Crippen LogP contribution in [-0.4, -0.2) is 27.4 Å². The van der Waals surface area contributed by atoms with Crippen LogP contribution in [0.4, 0.5) is 0 Å². The molecule has 0 aliphatic carbocycles. The van der Waals surface area contributed by atoms with Gasteiger partial charge in [-0.15, -0.1) is 16.7 Å². The number of rotatable bonds is 5. The van der Waals surface area contributed by atoms with Gasteiger partial charge in [-0.25, -0.2) is 0 Å². The van der Waals surface area contributed by atoms with Gasteiger partial charge in [0, 0.05) is 32.2 Å². The highest BCUT2D eigenvalue weighted by molar-refractivity contribution is 6.18. The van der Waals surface area contributed by atoms with Crippen LogP contribution in [0.25, 0.3) is 0 Å². The number of aromatic nitrogens is 3. The van der Waals surface area contributed by atoms with Crippen molar-refractivity contribution in [3.05, 3.63) is 11.9 Å². The van der Waals surface area contributed by atoms with Gasteiger partial charge in [-0.2, -0.15) is 0 Å². The molecule has 1 aromatic rings. The molecule has 0 spiro atoms. The van der Waals surface area contributed by atoms with Crippen molar-refractivity contribution in [3.8, 4) is 0 Å². The van der Waals surface area contributed by atoms with Crippen molar-refractivity contribution < 1.29 is 0 Å². The van der Waals surface area contributed by atoms with Crippen LogP contribution in [0, 0.1) is 5.41 Å². The number of hydrogen-bond donors (Lipinski definition) is 1. The third-order valence-corrected chi connectivity index (χ3v) is 2.65. The van der Waals surface area contributed by atoms with E-state index in [1.54, 1.807) is 4.68 Å². The van der Waals surface area contributed by atoms with Gasteiger partial charge in [0.1, 0.15) is 0 Å². The zero-order valence-electron chi connectivity index (χ0n) is 8.92. The maximum absolute atomic E-state index is 5.81. The molecule has 0 unspecified atom stereocenters. The first kappa shape index (κ1) is 11.5. The molecule has 0 fully saturated rings. The second-order valence-corrected chi connectivity index (χ2v) is 4.55. The molecule has 0 saturated carbocycles. The van der Waals surface area contributed by atoms with Crippen LogP contribution < -0.4 is 5.32 Å². The Bertz CT molecular complexity index is 282. The van der Waals surface area contributed by atoms with Crippen LogP contribution >= 0.6 is 11.6 Å². The van der Waals surface area contributed by atoms with Gasteiger partial charge >= 0.3 is 0 Å². The molecule has 1 aromatic heterocycles. The molecule has 1 rings (SSSR count). The Labute approximate surface area is 89.6 Å². The summed E-state index contributed by atoms with van der Waals surface area (Å²) in [6.45, 7) is 5.88. The van der Waals surface area contributed by atoms with Crippen molar-refractivity contribution in [2.45, 2.75) is 20.4 Å². The van der Waals surface area contributed by atoms with E-state index in [0.29, 0.717) is 5.88 Å². The van der Waals surface area contributed by atoms with E-state index in [1.807, 2.05) is 13.2 Å². The SMILES string of the molecule is Cn1cc(CNCC(C)(C)CCl)nn1. The second-order valence-electron chi connectivity index (χ2n) is 4.28. The lowest BCUT2D eigenvalue weighted by Crippen LogP contribution is -2.30. The van der Waals surface area contributed by atoms with Crippen molar-refractivity contribution in [1.82, 2.24) is 20.3 Å². The summed E-state index contributed by atoms with van der Waals surface area (Å²) in [6, 6.07) is 0.